The summed E-state index contributed by atoms with van der Waals surface area (Å²) in [5, 5.41) is 7.27. The van der Waals surface area contributed by atoms with E-state index in [1.807, 2.05) is 60.3 Å². The molecule has 0 radical (unpaired) electrons. The Bertz CT molecular complexity index is 824. The fourth-order valence-corrected chi connectivity index (χ4v) is 2.55. The van der Waals surface area contributed by atoms with E-state index in [-0.39, 0.29) is 6.03 Å². The molecule has 1 N–H and O–H groups in total. The lowest BCUT2D eigenvalue weighted by Gasteiger charge is -2.17. The summed E-state index contributed by atoms with van der Waals surface area (Å²) in [7, 11) is 1.78. The molecule has 0 fully saturated rings. The maximum absolute atomic E-state index is 12.3. The van der Waals surface area contributed by atoms with Crippen LogP contribution in [0.5, 0.6) is 0 Å². The van der Waals surface area contributed by atoms with Crippen LogP contribution < -0.4 is 5.32 Å². The molecule has 0 spiro atoms. The number of benzene rings is 2. The topological polar surface area (TPSA) is 50.2 Å². The maximum atomic E-state index is 12.3. The van der Waals surface area contributed by atoms with E-state index in [4.69, 9.17) is 0 Å². The van der Waals surface area contributed by atoms with Gasteiger partial charge in [0.2, 0.25) is 0 Å². The van der Waals surface area contributed by atoms with Crippen LogP contribution in [0.1, 0.15) is 16.7 Å². The first-order valence-electron chi connectivity index (χ1n) is 8.24. The molecule has 0 saturated carbocycles. The molecule has 0 aliphatic carbocycles. The first kappa shape index (κ1) is 16.8. The van der Waals surface area contributed by atoms with Crippen LogP contribution in [0.15, 0.2) is 67.0 Å². The number of carbonyl (C=O) groups is 1. The predicted octanol–water partition coefficient (Wildman–Crippen LogP) is 3.90. The molecule has 3 rings (SSSR count). The third-order valence-corrected chi connectivity index (χ3v) is 3.94. The Morgan fingerprint density at radius 2 is 1.80 bits per heavy atom. The van der Waals surface area contributed by atoms with Crippen LogP contribution in [-0.4, -0.2) is 27.8 Å². The summed E-state index contributed by atoms with van der Waals surface area (Å²) in [4.78, 5) is 13.9. The summed E-state index contributed by atoms with van der Waals surface area (Å²) >= 11 is 0. The van der Waals surface area contributed by atoms with E-state index in [0.717, 1.165) is 23.4 Å². The van der Waals surface area contributed by atoms with Gasteiger partial charge in [-0.25, -0.2) is 4.79 Å². The van der Waals surface area contributed by atoms with Gasteiger partial charge in [0.25, 0.3) is 0 Å². The number of nitrogens with one attached hydrogen (secondary N) is 1. The van der Waals surface area contributed by atoms with Crippen LogP contribution >= 0.6 is 0 Å². The van der Waals surface area contributed by atoms with Crippen LogP contribution in [-0.2, 0) is 13.1 Å². The Kier molecular flexibility index (Phi) is 5.14. The van der Waals surface area contributed by atoms with E-state index >= 15 is 0 Å². The van der Waals surface area contributed by atoms with E-state index in [0.29, 0.717) is 6.54 Å². The molecule has 0 bridgehead atoms. The standard InChI is InChI=1S/C20H22N4O/c1-16-8-10-19(11-9-16)22-20(25)23(2)13-18-12-21-24(15-18)14-17-6-4-3-5-7-17/h3-12,15H,13-14H2,1-2H3,(H,22,25). The zero-order valence-corrected chi connectivity index (χ0v) is 14.5. The van der Waals surface area contributed by atoms with Crippen LogP contribution in [0.3, 0.4) is 0 Å². The van der Waals surface area contributed by atoms with Gasteiger partial charge in [-0.1, -0.05) is 48.0 Å². The van der Waals surface area contributed by atoms with Crippen LogP contribution in [0.2, 0.25) is 0 Å². The molecular weight excluding hydrogens is 312 g/mol. The summed E-state index contributed by atoms with van der Waals surface area (Å²) in [5.74, 6) is 0. The number of aromatic nitrogens is 2. The number of nitrogens with zero attached hydrogens (tertiary/aromatic N) is 3. The third kappa shape index (κ3) is 4.70. The molecule has 25 heavy (non-hydrogen) atoms. The SMILES string of the molecule is Cc1ccc(NC(=O)N(C)Cc2cnn(Cc3ccccc3)c2)cc1. The number of aryl methyl sites for hydroxylation is 1. The van der Waals surface area contributed by atoms with Crippen molar-refractivity contribution >= 4 is 11.7 Å². The molecule has 2 aromatic carbocycles. The number of amides is 2. The van der Waals surface area contributed by atoms with Gasteiger partial charge in [-0.15, -0.1) is 0 Å². The average Bonchev–Trinajstić information content (AvgIpc) is 3.04. The lowest BCUT2D eigenvalue weighted by Crippen LogP contribution is -2.30. The number of hydrogen-bond acceptors (Lipinski definition) is 2. The molecule has 1 aromatic heterocycles. The van der Waals surface area contributed by atoms with Gasteiger partial charge in [-0.3, -0.25) is 4.68 Å². The van der Waals surface area contributed by atoms with Crippen molar-refractivity contribution in [3.63, 3.8) is 0 Å². The molecule has 1 heterocycles. The fraction of sp³-hybridized carbons (Fsp3) is 0.200. The van der Waals surface area contributed by atoms with Gasteiger partial charge in [0.1, 0.15) is 0 Å². The van der Waals surface area contributed by atoms with Crippen molar-refractivity contribution in [2.45, 2.75) is 20.0 Å². The fourth-order valence-electron chi connectivity index (χ4n) is 2.55. The minimum atomic E-state index is -0.139. The van der Waals surface area contributed by atoms with E-state index in [9.17, 15) is 4.79 Å². The second-order valence-corrected chi connectivity index (χ2v) is 6.18. The Morgan fingerprint density at radius 3 is 2.52 bits per heavy atom. The molecule has 0 saturated heterocycles. The second-order valence-electron chi connectivity index (χ2n) is 6.18. The smallest absolute Gasteiger partial charge is 0.321 e. The monoisotopic (exact) mass is 334 g/mol. The lowest BCUT2D eigenvalue weighted by atomic mass is 10.2. The zero-order valence-electron chi connectivity index (χ0n) is 14.5. The highest BCUT2D eigenvalue weighted by molar-refractivity contribution is 5.89. The molecule has 0 unspecified atom stereocenters. The highest BCUT2D eigenvalue weighted by Crippen LogP contribution is 2.11. The molecule has 0 aliphatic rings. The predicted molar refractivity (Wildman–Crippen MR) is 99.4 cm³/mol. The molecule has 128 valence electrons. The minimum absolute atomic E-state index is 0.139. The normalized spacial score (nSPS) is 10.5. The van der Waals surface area contributed by atoms with Crippen molar-refractivity contribution in [3.8, 4) is 0 Å². The van der Waals surface area contributed by atoms with Crippen LogP contribution in [0.25, 0.3) is 0 Å². The van der Waals surface area contributed by atoms with Crippen molar-refractivity contribution in [2.75, 3.05) is 12.4 Å². The Balaban J connectivity index is 1.56. The van der Waals surface area contributed by atoms with Crippen molar-refractivity contribution in [3.05, 3.63) is 83.7 Å². The van der Waals surface area contributed by atoms with Gasteiger partial charge in [0, 0.05) is 24.5 Å². The summed E-state index contributed by atoms with van der Waals surface area (Å²) in [6, 6.07) is 17.8. The van der Waals surface area contributed by atoms with Gasteiger partial charge in [-0.2, -0.15) is 5.10 Å². The number of rotatable bonds is 5. The van der Waals surface area contributed by atoms with Crippen molar-refractivity contribution in [2.24, 2.45) is 0 Å². The van der Waals surface area contributed by atoms with E-state index in [1.165, 1.54) is 5.56 Å². The van der Waals surface area contributed by atoms with Crippen molar-refractivity contribution in [1.29, 1.82) is 0 Å². The minimum Gasteiger partial charge on any atom is -0.323 e. The van der Waals surface area contributed by atoms with Crippen LogP contribution in [0, 0.1) is 6.92 Å². The summed E-state index contributed by atoms with van der Waals surface area (Å²) < 4.78 is 1.89. The first-order chi connectivity index (χ1) is 12.1. The molecule has 3 aromatic rings. The Labute approximate surface area is 147 Å². The molecule has 5 nitrogen and oxygen atoms in total. The molecule has 5 heteroatoms. The second kappa shape index (κ2) is 7.66. The Hall–Kier alpha value is -3.08. The van der Waals surface area contributed by atoms with Gasteiger partial charge in [-0.05, 0) is 24.6 Å². The number of carbonyl (C=O) groups excluding carboxylic acids is 1. The van der Waals surface area contributed by atoms with Crippen molar-refractivity contribution < 1.29 is 4.79 Å². The molecule has 0 atom stereocenters. The van der Waals surface area contributed by atoms with Gasteiger partial charge in [0.05, 0.1) is 19.3 Å². The van der Waals surface area contributed by atoms with Gasteiger partial charge < -0.3 is 10.2 Å². The molecular formula is C20H22N4O. The van der Waals surface area contributed by atoms with E-state index < -0.39 is 0 Å². The van der Waals surface area contributed by atoms with Gasteiger partial charge in [0.15, 0.2) is 0 Å². The highest BCUT2D eigenvalue weighted by Gasteiger charge is 2.10. The number of hydrogen-bond donors (Lipinski definition) is 1. The number of urea groups is 1. The number of anilines is 1. The lowest BCUT2D eigenvalue weighted by molar-refractivity contribution is 0.220. The summed E-state index contributed by atoms with van der Waals surface area (Å²) in [5.41, 5.74) is 4.15. The maximum Gasteiger partial charge on any atom is 0.321 e. The Morgan fingerprint density at radius 1 is 1.08 bits per heavy atom. The largest absolute Gasteiger partial charge is 0.323 e. The quantitative estimate of drug-likeness (QED) is 0.769. The third-order valence-electron chi connectivity index (χ3n) is 3.94. The summed E-state index contributed by atoms with van der Waals surface area (Å²) in [6.45, 7) is 3.25. The average molecular weight is 334 g/mol. The van der Waals surface area contributed by atoms with Crippen molar-refractivity contribution in [1.82, 2.24) is 14.7 Å². The highest BCUT2D eigenvalue weighted by atomic mass is 16.2. The first-order valence-corrected chi connectivity index (χ1v) is 8.24. The molecule has 0 aliphatic heterocycles. The van der Waals surface area contributed by atoms with E-state index in [1.54, 1.807) is 18.1 Å². The zero-order chi connectivity index (χ0) is 17.6. The van der Waals surface area contributed by atoms with Crippen LogP contribution in [0.4, 0.5) is 10.5 Å². The molecule has 2 amide bonds. The summed E-state index contributed by atoms with van der Waals surface area (Å²) in [6.07, 6.45) is 3.78. The van der Waals surface area contributed by atoms with E-state index in [2.05, 4.69) is 22.5 Å². The van der Waals surface area contributed by atoms with Gasteiger partial charge >= 0.3 is 6.03 Å².